The normalized spacial score (nSPS) is 23.5. The van der Waals surface area contributed by atoms with E-state index in [1.807, 2.05) is 0 Å². The third kappa shape index (κ3) is 4.14. The van der Waals surface area contributed by atoms with Crippen molar-refractivity contribution >= 4 is 11.7 Å². The molecule has 26 heavy (non-hydrogen) atoms. The Bertz CT molecular complexity index is 587. The molecule has 0 atom stereocenters. The van der Waals surface area contributed by atoms with E-state index in [1.54, 1.807) is 0 Å². The van der Waals surface area contributed by atoms with Crippen molar-refractivity contribution < 1.29 is 4.79 Å². The van der Waals surface area contributed by atoms with Gasteiger partial charge >= 0.3 is 6.03 Å². The van der Waals surface area contributed by atoms with Crippen LogP contribution in [0.2, 0.25) is 0 Å². The monoisotopic (exact) mass is 356 g/mol. The minimum absolute atomic E-state index is 0.0281. The maximum absolute atomic E-state index is 12.1. The lowest BCUT2D eigenvalue weighted by Crippen LogP contribution is -2.62. The van der Waals surface area contributed by atoms with Gasteiger partial charge in [0, 0.05) is 50.0 Å². The van der Waals surface area contributed by atoms with Crippen molar-refractivity contribution in [2.24, 2.45) is 0 Å². The molecule has 3 aliphatic rings. The van der Waals surface area contributed by atoms with E-state index in [2.05, 4.69) is 50.8 Å². The SMILES string of the molecule is O=C(NCC1(N2CCN(c3ccccc3)CC2)CCCCC1)NC1CC1. The molecule has 2 N–H and O–H groups in total. The highest BCUT2D eigenvalue weighted by atomic mass is 16.2. The molecule has 0 aromatic heterocycles. The Morgan fingerprint density at radius 3 is 2.35 bits per heavy atom. The number of hydrogen-bond acceptors (Lipinski definition) is 3. The number of rotatable bonds is 5. The predicted octanol–water partition coefficient (Wildman–Crippen LogP) is 2.97. The van der Waals surface area contributed by atoms with E-state index in [0.717, 1.165) is 45.6 Å². The van der Waals surface area contributed by atoms with Crippen molar-refractivity contribution in [3.63, 3.8) is 0 Å². The van der Waals surface area contributed by atoms with E-state index in [0.29, 0.717) is 6.04 Å². The number of nitrogens with one attached hydrogen (secondary N) is 2. The maximum Gasteiger partial charge on any atom is 0.315 e. The van der Waals surface area contributed by atoms with Crippen molar-refractivity contribution in [3.8, 4) is 0 Å². The van der Waals surface area contributed by atoms with Crippen molar-refractivity contribution in [3.05, 3.63) is 30.3 Å². The summed E-state index contributed by atoms with van der Waals surface area (Å²) in [6.07, 6.45) is 8.60. The highest BCUT2D eigenvalue weighted by Crippen LogP contribution is 2.34. The summed E-state index contributed by atoms with van der Waals surface area (Å²) in [4.78, 5) is 17.3. The number of anilines is 1. The molecule has 2 saturated carbocycles. The Balaban J connectivity index is 1.36. The smallest absolute Gasteiger partial charge is 0.315 e. The second-order valence-electron chi connectivity index (χ2n) is 8.20. The van der Waals surface area contributed by atoms with Crippen LogP contribution >= 0.6 is 0 Å². The lowest BCUT2D eigenvalue weighted by atomic mass is 9.79. The first-order valence-electron chi connectivity index (χ1n) is 10.3. The Labute approximate surface area is 157 Å². The molecule has 1 heterocycles. The Kier molecular flexibility index (Phi) is 5.34. The molecule has 0 spiro atoms. The molecule has 0 radical (unpaired) electrons. The third-order valence-electron chi connectivity index (χ3n) is 6.35. The number of carbonyl (C=O) groups is 1. The van der Waals surface area contributed by atoms with Crippen LogP contribution in [0.5, 0.6) is 0 Å². The lowest BCUT2D eigenvalue weighted by molar-refractivity contribution is 0.0464. The number of para-hydroxylation sites is 1. The number of hydrogen-bond donors (Lipinski definition) is 2. The minimum Gasteiger partial charge on any atom is -0.369 e. The quantitative estimate of drug-likeness (QED) is 0.853. The van der Waals surface area contributed by atoms with Gasteiger partial charge in [-0.3, -0.25) is 4.90 Å². The van der Waals surface area contributed by atoms with Gasteiger partial charge in [-0.2, -0.15) is 0 Å². The average molecular weight is 357 g/mol. The molecule has 3 fully saturated rings. The second-order valence-corrected chi connectivity index (χ2v) is 8.20. The number of amides is 2. The van der Waals surface area contributed by atoms with Gasteiger partial charge in [0.05, 0.1) is 0 Å². The predicted molar refractivity (Wildman–Crippen MR) is 106 cm³/mol. The fraction of sp³-hybridized carbons (Fsp3) is 0.667. The van der Waals surface area contributed by atoms with E-state index in [-0.39, 0.29) is 11.6 Å². The fourth-order valence-corrected chi connectivity index (χ4v) is 4.60. The molecule has 5 heteroatoms. The Morgan fingerprint density at radius 2 is 1.69 bits per heavy atom. The van der Waals surface area contributed by atoms with E-state index in [1.165, 1.54) is 37.8 Å². The van der Waals surface area contributed by atoms with Crippen LogP contribution in [-0.2, 0) is 0 Å². The van der Waals surface area contributed by atoms with Gasteiger partial charge in [-0.15, -0.1) is 0 Å². The maximum atomic E-state index is 12.1. The van der Waals surface area contributed by atoms with Crippen LogP contribution in [0.15, 0.2) is 30.3 Å². The van der Waals surface area contributed by atoms with E-state index < -0.39 is 0 Å². The van der Waals surface area contributed by atoms with Crippen molar-refractivity contribution in [2.45, 2.75) is 56.5 Å². The second kappa shape index (κ2) is 7.87. The van der Waals surface area contributed by atoms with Gasteiger partial charge in [0.1, 0.15) is 0 Å². The molecule has 2 aliphatic carbocycles. The van der Waals surface area contributed by atoms with Crippen LogP contribution < -0.4 is 15.5 Å². The van der Waals surface area contributed by atoms with E-state index >= 15 is 0 Å². The minimum atomic E-state index is 0.0281. The summed E-state index contributed by atoms with van der Waals surface area (Å²) in [6.45, 7) is 5.10. The van der Waals surface area contributed by atoms with Crippen LogP contribution in [0.25, 0.3) is 0 Å². The first kappa shape index (κ1) is 17.7. The number of piperazine rings is 1. The van der Waals surface area contributed by atoms with E-state index in [9.17, 15) is 4.79 Å². The number of urea groups is 1. The van der Waals surface area contributed by atoms with Crippen molar-refractivity contribution in [1.82, 2.24) is 15.5 Å². The summed E-state index contributed by atoms with van der Waals surface area (Å²) in [5.41, 5.74) is 1.48. The lowest BCUT2D eigenvalue weighted by Gasteiger charge is -2.50. The summed E-state index contributed by atoms with van der Waals surface area (Å²) in [6, 6.07) is 11.2. The standard InChI is InChI=1S/C21H32N4O/c26-20(23-18-9-10-18)22-17-21(11-5-2-6-12-21)25-15-13-24(14-16-25)19-7-3-1-4-8-19/h1,3-4,7-8,18H,2,5-6,9-17H2,(H2,22,23,26). The number of benzene rings is 1. The molecule has 4 rings (SSSR count). The van der Waals surface area contributed by atoms with Gasteiger partial charge in [0.2, 0.25) is 0 Å². The Hall–Kier alpha value is -1.75. The first-order valence-corrected chi connectivity index (χ1v) is 10.3. The molecular weight excluding hydrogens is 324 g/mol. The van der Waals surface area contributed by atoms with E-state index in [4.69, 9.17) is 0 Å². The van der Waals surface area contributed by atoms with Gasteiger partial charge in [-0.05, 0) is 37.8 Å². The van der Waals surface area contributed by atoms with Crippen molar-refractivity contribution in [2.75, 3.05) is 37.6 Å². The Morgan fingerprint density at radius 1 is 1.00 bits per heavy atom. The molecule has 5 nitrogen and oxygen atoms in total. The molecule has 1 aliphatic heterocycles. The molecule has 0 unspecified atom stereocenters. The fourth-order valence-electron chi connectivity index (χ4n) is 4.60. The van der Waals surface area contributed by atoms with Crippen LogP contribution in [0.3, 0.4) is 0 Å². The number of nitrogens with zero attached hydrogens (tertiary/aromatic N) is 2. The molecule has 1 aromatic carbocycles. The van der Waals surface area contributed by atoms with Gasteiger partial charge in [0.25, 0.3) is 0 Å². The number of carbonyl (C=O) groups excluding carboxylic acids is 1. The van der Waals surface area contributed by atoms with Crippen LogP contribution in [0, 0.1) is 0 Å². The van der Waals surface area contributed by atoms with Crippen molar-refractivity contribution in [1.29, 1.82) is 0 Å². The van der Waals surface area contributed by atoms with Crippen LogP contribution in [-0.4, -0.2) is 55.2 Å². The summed E-state index contributed by atoms with van der Waals surface area (Å²) < 4.78 is 0. The summed E-state index contributed by atoms with van der Waals surface area (Å²) in [5, 5.41) is 6.26. The van der Waals surface area contributed by atoms with Gasteiger partial charge in [-0.25, -0.2) is 4.79 Å². The molecular formula is C21H32N4O. The molecule has 0 bridgehead atoms. The summed E-state index contributed by atoms with van der Waals surface area (Å²) >= 11 is 0. The average Bonchev–Trinajstić information content (AvgIpc) is 3.52. The summed E-state index contributed by atoms with van der Waals surface area (Å²) in [7, 11) is 0. The van der Waals surface area contributed by atoms with Gasteiger partial charge in [-0.1, -0.05) is 37.5 Å². The molecule has 142 valence electrons. The zero-order chi connectivity index (χ0) is 17.8. The largest absolute Gasteiger partial charge is 0.369 e. The van der Waals surface area contributed by atoms with Crippen LogP contribution in [0.4, 0.5) is 10.5 Å². The third-order valence-corrected chi connectivity index (χ3v) is 6.35. The molecule has 1 saturated heterocycles. The zero-order valence-corrected chi connectivity index (χ0v) is 15.8. The highest BCUT2D eigenvalue weighted by Gasteiger charge is 2.39. The van der Waals surface area contributed by atoms with Gasteiger partial charge in [0.15, 0.2) is 0 Å². The topological polar surface area (TPSA) is 47.6 Å². The van der Waals surface area contributed by atoms with Gasteiger partial charge < -0.3 is 15.5 Å². The first-order chi connectivity index (χ1) is 12.8. The summed E-state index contributed by atoms with van der Waals surface area (Å²) in [5.74, 6) is 0. The van der Waals surface area contributed by atoms with Crippen LogP contribution in [0.1, 0.15) is 44.9 Å². The highest BCUT2D eigenvalue weighted by molar-refractivity contribution is 5.74. The zero-order valence-electron chi connectivity index (χ0n) is 15.8. The molecule has 2 amide bonds. The molecule has 1 aromatic rings.